The van der Waals surface area contributed by atoms with Gasteiger partial charge in [-0.3, -0.25) is 0 Å². The molecule has 0 fully saturated rings. The number of rotatable bonds is 7. The van der Waals surface area contributed by atoms with E-state index in [1.807, 2.05) is 48.5 Å². The van der Waals surface area contributed by atoms with Crippen LogP contribution >= 0.6 is 0 Å². The molecule has 6 nitrogen and oxygen atoms in total. The molecule has 14 rings (SSSR count). The van der Waals surface area contributed by atoms with Crippen molar-refractivity contribution >= 4 is 65.7 Å². The van der Waals surface area contributed by atoms with Gasteiger partial charge in [-0.15, -0.1) is 0 Å². The van der Waals surface area contributed by atoms with Crippen molar-refractivity contribution < 1.29 is 8.83 Å². The molecule has 10 aromatic carbocycles. The molecule has 6 heteroatoms. The van der Waals surface area contributed by atoms with Gasteiger partial charge in [0, 0.05) is 54.7 Å². The maximum Gasteiger partial charge on any atom is 0.164 e. The van der Waals surface area contributed by atoms with Crippen molar-refractivity contribution in [1.29, 1.82) is 0 Å². The molecule has 0 radical (unpaired) electrons. The highest BCUT2D eigenvalue weighted by Gasteiger charge is 2.21. The highest BCUT2D eigenvalue weighted by atomic mass is 16.3. The maximum absolute atomic E-state index is 6.72. The highest BCUT2D eigenvalue weighted by molar-refractivity contribution is 6.15. The predicted molar refractivity (Wildman–Crippen MR) is 281 cm³/mol. The van der Waals surface area contributed by atoms with Crippen LogP contribution in [0.3, 0.4) is 0 Å². The predicted octanol–water partition coefficient (Wildman–Crippen LogP) is 16.8. The van der Waals surface area contributed by atoms with Gasteiger partial charge in [-0.2, -0.15) is 0 Å². The molecule has 0 atom stereocenters. The van der Waals surface area contributed by atoms with Gasteiger partial charge >= 0.3 is 0 Å². The first-order valence-electron chi connectivity index (χ1n) is 23.2. The van der Waals surface area contributed by atoms with Crippen LogP contribution in [0.1, 0.15) is 0 Å². The van der Waals surface area contributed by atoms with Crippen LogP contribution in [0.5, 0.6) is 0 Å². The lowest BCUT2D eigenvalue weighted by atomic mass is 9.96. The Kier molecular flexibility index (Phi) is 8.79. The SMILES string of the molecule is c1ccc(-c2ccc(-c3nc(-c4ccccc4)nc(-c4cc(-c5ccc6c(c5)oc5ccc(-n7c8ccccc8c8cc(-c9ccccc9)ccc87)cc56)c5c(c4)oc4ccccc45)n3)cc2)cc1. The van der Waals surface area contributed by atoms with Crippen LogP contribution in [-0.2, 0) is 0 Å². The zero-order chi connectivity index (χ0) is 45.4. The smallest absolute Gasteiger partial charge is 0.164 e. The van der Waals surface area contributed by atoms with Crippen LogP contribution in [0.4, 0.5) is 0 Å². The second kappa shape index (κ2) is 15.6. The largest absolute Gasteiger partial charge is 0.456 e. The van der Waals surface area contributed by atoms with Crippen LogP contribution in [0.15, 0.2) is 239 Å². The van der Waals surface area contributed by atoms with Gasteiger partial charge in [0.15, 0.2) is 17.5 Å². The molecular weight excluding hydrogens is 845 g/mol. The molecule has 14 aromatic rings. The topological polar surface area (TPSA) is 69.9 Å². The van der Waals surface area contributed by atoms with E-state index in [4.69, 9.17) is 23.8 Å². The molecule has 0 aliphatic rings. The second-order valence-electron chi connectivity index (χ2n) is 17.6. The van der Waals surface area contributed by atoms with E-state index < -0.39 is 0 Å². The number of hydrogen-bond acceptors (Lipinski definition) is 5. The Bertz CT molecular complexity index is 4290. The average Bonchev–Trinajstić information content (AvgIpc) is 4.10. The zero-order valence-electron chi connectivity index (χ0n) is 37.0. The number of para-hydroxylation sites is 2. The number of fused-ring (bicyclic) bond motifs is 9. The molecule has 0 unspecified atom stereocenters. The van der Waals surface area contributed by atoms with E-state index >= 15 is 0 Å². The number of aromatic nitrogens is 4. The number of furan rings is 2. The van der Waals surface area contributed by atoms with Gasteiger partial charge in [-0.05, 0) is 100 Å². The summed E-state index contributed by atoms with van der Waals surface area (Å²) >= 11 is 0. The molecule has 0 amide bonds. The fraction of sp³-hybridized carbons (Fsp3) is 0. The molecule has 4 heterocycles. The average molecular weight is 883 g/mol. The van der Waals surface area contributed by atoms with Gasteiger partial charge in [0.25, 0.3) is 0 Å². The van der Waals surface area contributed by atoms with Gasteiger partial charge in [0.1, 0.15) is 22.3 Å². The first-order chi connectivity index (χ1) is 34.2. The highest BCUT2D eigenvalue weighted by Crippen LogP contribution is 2.43. The Morgan fingerprint density at radius 1 is 0.275 bits per heavy atom. The van der Waals surface area contributed by atoms with E-state index in [1.165, 1.54) is 21.9 Å². The molecule has 69 heavy (non-hydrogen) atoms. The molecule has 0 saturated carbocycles. The van der Waals surface area contributed by atoms with Crippen LogP contribution in [0, 0.1) is 0 Å². The minimum absolute atomic E-state index is 0.549. The molecule has 0 aliphatic heterocycles. The molecule has 4 aromatic heterocycles. The summed E-state index contributed by atoms with van der Waals surface area (Å²) in [5.41, 5.74) is 15.8. The summed E-state index contributed by atoms with van der Waals surface area (Å²) in [4.78, 5) is 15.4. The standard InChI is InChI=1S/C63H38N4O2/c1-4-14-39(15-5-1)41-24-26-43(27-25-41)62-64-61(42-18-8-3-9-19-42)65-63(66-62)46-35-51(60-50-21-11-13-23-56(50)69-59(60)37-46)45-28-31-49-53-38-47(30-33-57(53)68-58(49)36-45)67-54-22-12-10-20-48(54)52-34-44(29-32-55(52)67)40-16-6-2-7-17-40/h1-38H. The van der Waals surface area contributed by atoms with Crippen LogP contribution in [0.2, 0.25) is 0 Å². The Morgan fingerprint density at radius 2 is 0.797 bits per heavy atom. The van der Waals surface area contributed by atoms with Gasteiger partial charge in [-0.25, -0.2) is 15.0 Å². The first-order valence-corrected chi connectivity index (χ1v) is 23.2. The van der Waals surface area contributed by atoms with Crippen LogP contribution in [-0.4, -0.2) is 19.5 Å². The fourth-order valence-corrected chi connectivity index (χ4v) is 10.1. The van der Waals surface area contributed by atoms with Crippen molar-refractivity contribution in [3.05, 3.63) is 231 Å². The summed E-state index contributed by atoms with van der Waals surface area (Å²) in [6.07, 6.45) is 0. The van der Waals surface area contributed by atoms with Gasteiger partial charge in [0.2, 0.25) is 0 Å². The van der Waals surface area contributed by atoms with Crippen molar-refractivity contribution in [2.45, 2.75) is 0 Å². The summed E-state index contributed by atoms with van der Waals surface area (Å²) in [5.74, 6) is 1.73. The van der Waals surface area contributed by atoms with Crippen molar-refractivity contribution in [2.75, 3.05) is 0 Å². The zero-order valence-corrected chi connectivity index (χ0v) is 37.0. The van der Waals surface area contributed by atoms with E-state index in [-0.39, 0.29) is 0 Å². The monoisotopic (exact) mass is 882 g/mol. The first kappa shape index (κ1) is 38.8. The molecule has 0 N–H and O–H groups in total. The lowest BCUT2D eigenvalue weighted by Crippen LogP contribution is -2.00. The van der Waals surface area contributed by atoms with Crippen molar-refractivity contribution in [1.82, 2.24) is 19.5 Å². The summed E-state index contributed by atoms with van der Waals surface area (Å²) in [6.45, 7) is 0. The molecule has 0 spiro atoms. The molecular formula is C63H38N4O2. The Balaban J connectivity index is 0.910. The minimum atomic E-state index is 0.549. The number of hydrogen-bond donors (Lipinski definition) is 0. The third-order valence-electron chi connectivity index (χ3n) is 13.5. The Morgan fingerprint density at radius 3 is 1.55 bits per heavy atom. The van der Waals surface area contributed by atoms with Crippen LogP contribution in [0.25, 0.3) is 139 Å². The molecule has 0 saturated heterocycles. The quantitative estimate of drug-likeness (QED) is 0.159. The normalized spacial score (nSPS) is 11.8. The molecule has 322 valence electrons. The van der Waals surface area contributed by atoms with Crippen molar-refractivity contribution in [2.24, 2.45) is 0 Å². The number of benzene rings is 10. The minimum Gasteiger partial charge on any atom is -0.456 e. The van der Waals surface area contributed by atoms with Gasteiger partial charge in [0.05, 0.1) is 11.0 Å². The van der Waals surface area contributed by atoms with Crippen LogP contribution < -0.4 is 0 Å². The molecule has 0 aliphatic carbocycles. The van der Waals surface area contributed by atoms with Crippen molar-refractivity contribution in [3.8, 4) is 73.2 Å². The Labute approximate surface area is 396 Å². The summed E-state index contributed by atoms with van der Waals surface area (Å²) in [5, 5.41) is 6.58. The van der Waals surface area contributed by atoms with E-state index in [0.29, 0.717) is 17.5 Å². The van der Waals surface area contributed by atoms with E-state index in [9.17, 15) is 0 Å². The summed E-state index contributed by atoms with van der Waals surface area (Å²) in [7, 11) is 0. The summed E-state index contributed by atoms with van der Waals surface area (Å²) < 4.78 is 15.7. The Hall–Kier alpha value is -9.39. The lowest BCUT2D eigenvalue weighted by Gasteiger charge is -2.11. The summed E-state index contributed by atoms with van der Waals surface area (Å²) in [6, 6.07) is 80.4. The van der Waals surface area contributed by atoms with E-state index in [0.717, 1.165) is 99.5 Å². The molecule has 0 bridgehead atoms. The van der Waals surface area contributed by atoms with Gasteiger partial charge in [-0.1, -0.05) is 164 Å². The van der Waals surface area contributed by atoms with Crippen molar-refractivity contribution in [3.63, 3.8) is 0 Å². The number of nitrogens with zero attached hydrogens (tertiary/aromatic N) is 4. The van der Waals surface area contributed by atoms with E-state index in [2.05, 4.69) is 187 Å². The lowest BCUT2D eigenvalue weighted by molar-refractivity contribution is 0.668. The van der Waals surface area contributed by atoms with Gasteiger partial charge < -0.3 is 13.4 Å². The second-order valence-corrected chi connectivity index (χ2v) is 17.6. The maximum atomic E-state index is 6.72. The van der Waals surface area contributed by atoms with E-state index in [1.54, 1.807) is 0 Å². The third-order valence-corrected chi connectivity index (χ3v) is 13.5. The third kappa shape index (κ3) is 6.53. The fourth-order valence-electron chi connectivity index (χ4n) is 10.1.